The van der Waals surface area contributed by atoms with E-state index in [0.717, 1.165) is 30.6 Å². The van der Waals surface area contributed by atoms with Crippen LogP contribution in [-0.2, 0) is 38.1 Å². The third kappa shape index (κ3) is 8.79. The molecule has 1 aliphatic rings. The molecule has 0 saturated carbocycles. The summed E-state index contributed by atoms with van der Waals surface area (Å²) < 4.78 is 21.3. The monoisotopic (exact) mass is 575 g/mol. The highest BCUT2D eigenvalue weighted by atomic mass is 16.6. The van der Waals surface area contributed by atoms with Gasteiger partial charge in [-0.15, -0.1) is 0 Å². The maximum Gasteiger partial charge on any atom is 0.417 e. The van der Waals surface area contributed by atoms with E-state index in [2.05, 4.69) is 0 Å². The smallest absolute Gasteiger partial charge is 0.417 e. The van der Waals surface area contributed by atoms with Gasteiger partial charge in [0.25, 0.3) is 5.91 Å². The Morgan fingerprint density at radius 2 is 1.83 bits per heavy atom. The van der Waals surface area contributed by atoms with Gasteiger partial charge in [0.15, 0.2) is 23.8 Å². The number of esters is 1. The number of nitrogens with zero attached hydrogens (tertiary/aromatic N) is 1. The normalized spacial score (nSPS) is 18.2. The molecule has 0 spiro atoms. The lowest BCUT2D eigenvalue weighted by Gasteiger charge is -2.33. The van der Waals surface area contributed by atoms with Gasteiger partial charge in [0.2, 0.25) is 0 Å². The SMILES string of the molecule is CO[C@@H](C(=O)N1C(=O)OC(C)(C)[C@H]1C(C)C)[C@@H](OC(C)=O)C(=O)C=C(C(=O)CCCOCCO)c1cccc(C)c1. The zero-order valence-corrected chi connectivity index (χ0v) is 24.8. The van der Waals surface area contributed by atoms with Crippen LogP contribution in [0.2, 0.25) is 0 Å². The number of amides is 2. The van der Waals surface area contributed by atoms with Gasteiger partial charge < -0.3 is 24.1 Å². The van der Waals surface area contributed by atoms with E-state index in [9.17, 15) is 24.0 Å². The molecule has 11 nitrogen and oxygen atoms in total. The fraction of sp³-hybridized carbons (Fsp3) is 0.567. The Kier molecular flexibility index (Phi) is 12.4. The zero-order valence-electron chi connectivity index (χ0n) is 24.8. The zero-order chi connectivity index (χ0) is 30.9. The van der Waals surface area contributed by atoms with E-state index < -0.39 is 47.6 Å². The number of aliphatic hydroxyl groups is 1. The van der Waals surface area contributed by atoms with Crippen LogP contribution in [0.25, 0.3) is 5.57 Å². The number of ketones is 2. The summed E-state index contributed by atoms with van der Waals surface area (Å²) in [7, 11) is 1.16. The molecule has 0 aromatic heterocycles. The molecule has 11 heteroatoms. The largest absolute Gasteiger partial charge is 0.451 e. The number of carbonyl (C=O) groups excluding carboxylic acids is 5. The fourth-order valence-electron chi connectivity index (χ4n) is 5.02. The lowest BCUT2D eigenvalue weighted by molar-refractivity contribution is -0.166. The molecule has 1 heterocycles. The summed E-state index contributed by atoms with van der Waals surface area (Å²) in [5.74, 6) is -3.20. The maximum atomic E-state index is 13.7. The summed E-state index contributed by atoms with van der Waals surface area (Å²) in [5.41, 5.74) is 0.357. The van der Waals surface area contributed by atoms with Crippen molar-refractivity contribution >= 4 is 35.1 Å². The summed E-state index contributed by atoms with van der Waals surface area (Å²) in [5, 5.41) is 8.87. The molecule has 1 N–H and O–H groups in total. The number of aliphatic hydroxyl groups excluding tert-OH is 1. The van der Waals surface area contributed by atoms with Gasteiger partial charge in [-0.25, -0.2) is 9.69 Å². The maximum absolute atomic E-state index is 13.7. The van der Waals surface area contributed by atoms with E-state index in [1.165, 1.54) is 0 Å². The van der Waals surface area contributed by atoms with Crippen LogP contribution in [0.4, 0.5) is 4.79 Å². The molecule has 1 fully saturated rings. The highest BCUT2D eigenvalue weighted by molar-refractivity contribution is 6.25. The Hall–Kier alpha value is -3.41. The Labute approximate surface area is 240 Å². The van der Waals surface area contributed by atoms with Gasteiger partial charge in [-0.3, -0.25) is 19.2 Å². The average Bonchev–Trinajstić information content (AvgIpc) is 3.14. The quantitative estimate of drug-likeness (QED) is 0.188. The van der Waals surface area contributed by atoms with Gasteiger partial charge in [-0.2, -0.15) is 0 Å². The lowest BCUT2D eigenvalue weighted by atomic mass is 9.88. The second kappa shape index (κ2) is 15.0. The van der Waals surface area contributed by atoms with Gasteiger partial charge in [0, 0.05) is 32.6 Å². The molecule has 41 heavy (non-hydrogen) atoms. The number of aryl methyl sites for hydroxylation is 1. The standard InChI is InChI=1S/C30H41NO10/c1-18(2)27-30(5,6)41-29(37)31(27)28(36)26(38-7)25(40-20(4)33)24(35)17-22(21-11-8-10-19(3)16-21)23(34)12-9-14-39-15-13-32/h8,10-11,16-18,25-27,32H,9,12-15H2,1-7H3/t25-,26+,27+/m0/s1. The van der Waals surface area contributed by atoms with Gasteiger partial charge >= 0.3 is 12.1 Å². The number of cyclic esters (lactones) is 1. The van der Waals surface area contributed by atoms with Gasteiger partial charge in [-0.05, 0) is 44.7 Å². The summed E-state index contributed by atoms with van der Waals surface area (Å²) in [6.07, 6.45) is -2.95. The molecule has 0 bridgehead atoms. The lowest BCUT2D eigenvalue weighted by Crippen LogP contribution is -2.55. The van der Waals surface area contributed by atoms with Crippen LogP contribution in [0.3, 0.4) is 0 Å². The first-order valence-corrected chi connectivity index (χ1v) is 13.6. The van der Waals surface area contributed by atoms with E-state index in [0.29, 0.717) is 12.0 Å². The summed E-state index contributed by atoms with van der Waals surface area (Å²) in [6.45, 7) is 10.1. The summed E-state index contributed by atoms with van der Waals surface area (Å²) in [4.78, 5) is 66.4. The fourth-order valence-corrected chi connectivity index (χ4v) is 5.02. The molecule has 1 aliphatic heterocycles. The van der Waals surface area contributed by atoms with Crippen LogP contribution in [0.5, 0.6) is 0 Å². The van der Waals surface area contributed by atoms with Crippen molar-refractivity contribution in [1.82, 2.24) is 4.90 Å². The molecule has 1 aromatic rings. The number of ether oxygens (including phenoxy) is 4. The summed E-state index contributed by atoms with van der Waals surface area (Å²) in [6, 6.07) is 6.29. The van der Waals surface area contributed by atoms with E-state index >= 15 is 0 Å². The Bertz CT molecular complexity index is 1160. The number of hydrogen-bond acceptors (Lipinski definition) is 10. The van der Waals surface area contributed by atoms with Gasteiger partial charge in [-0.1, -0.05) is 43.7 Å². The van der Waals surface area contributed by atoms with Crippen LogP contribution < -0.4 is 0 Å². The third-order valence-electron chi connectivity index (χ3n) is 6.60. The molecule has 1 saturated heterocycles. The number of benzene rings is 1. The molecular formula is C30H41NO10. The number of carbonyl (C=O) groups is 5. The minimum absolute atomic E-state index is 0.0358. The molecular weight excluding hydrogens is 534 g/mol. The van der Waals surface area contributed by atoms with E-state index in [4.69, 9.17) is 24.1 Å². The van der Waals surface area contributed by atoms with Crippen molar-refractivity contribution in [3.05, 3.63) is 41.5 Å². The second-order valence-electron chi connectivity index (χ2n) is 10.7. The minimum atomic E-state index is -1.78. The van der Waals surface area contributed by atoms with Gasteiger partial charge in [0.05, 0.1) is 19.3 Å². The second-order valence-corrected chi connectivity index (χ2v) is 10.7. The van der Waals surface area contributed by atoms with E-state index in [1.54, 1.807) is 32.0 Å². The van der Waals surface area contributed by atoms with Crippen LogP contribution >= 0.6 is 0 Å². The van der Waals surface area contributed by atoms with Gasteiger partial charge in [0.1, 0.15) is 5.60 Å². The predicted molar refractivity (Wildman–Crippen MR) is 149 cm³/mol. The first-order chi connectivity index (χ1) is 19.2. The molecule has 2 amide bonds. The number of imide groups is 1. The molecule has 226 valence electrons. The van der Waals surface area contributed by atoms with E-state index in [-0.39, 0.29) is 43.5 Å². The van der Waals surface area contributed by atoms with Crippen molar-refractivity contribution in [3.8, 4) is 0 Å². The third-order valence-corrected chi connectivity index (χ3v) is 6.60. The molecule has 0 aliphatic carbocycles. The first kappa shape index (κ1) is 33.8. The topological polar surface area (TPSA) is 146 Å². The molecule has 2 rings (SSSR count). The van der Waals surface area contributed by atoms with Crippen molar-refractivity contribution in [3.63, 3.8) is 0 Å². The Morgan fingerprint density at radius 3 is 2.39 bits per heavy atom. The van der Waals surface area contributed by atoms with Crippen LogP contribution in [0.1, 0.15) is 58.6 Å². The van der Waals surface area contributed by atoms with Crippen LogP contribution in [-0.4, -0.2) is 90.3 Å². The van der Waals surface area contributed by atoms with Crippen molar-refractivity contribution in [2.24, 2.45) is 5.92 Å². The average molecular weight is 576 g/mol. The molecule has 1 aromatic carbocycles. The number of rotatable bonds is 15. The molecule has 3 atom stereocenters. The Balaban J connectivity index is 2.49. The molecule has 0 radical (unpaired) electrons. The van der Waals surface area contributed by atoms with Crippen molar-refractivity contribution < 1.29 is 48.0 Å². The number of methoxy groups -OCH3 is 1. The van der Waals surface area contributed by atoms with Crippen molar-refractivity contribution in [2.75, 3.05) is 26.9 Å². The number of hydrogen-bond donors (Lipinski definition) is 1. The predicted octanol–water partition coefficient (Wildman–Crippen LogP) is 3.03. The Morgan fingerprint density at radius 1 is 1.15 bits per heavy atom. The van der Waals surface area contributed by atoms with Crippen molar-refractivity contribution in [1.29, 1.82) is 0 Å². The number of Topliss-reactive ketones (excluding diaryl/α,β-unsaturated/α-hetero) is 1. The number of allylic oxidation sites excluding steroid dienone is 1. The van der Waals surface area contributed by atoms with Crippen LogP contribution in [0.15, 0.2) is 30.3 Å². The highest BCUT2D eigenvalue weighted by Crippen LogP contribution is 2.35. The minimum Gasteiger partial charge on any atom is -0.451 e. The first-order valence-electron chi connectivity index (χ1n) is 13.6. The highest BCUT2D eigenvalue weighted by Gasteiger charge is 2.54. The van der Waals surface area contributed by atoms with E-state index in [1.807, 2.05) is 26.8 Å². The van der Waals surface area contributed by atoms with Crippen LogP contribution in [0, 0.1) is 12.8 Å². The van der Waals surface area contributed by atoms with Crippen molar-refractivity contribution in [2.45, 2.75) is 78.2 Å². The molecule has 0 unspecified atom stereocenters. The summed E-state index contributed by atoms with van der Waals surface area (Å²) >= 11 is 0.